The van der Waals surface area contributed by atoms with Crippen molar-refractivity contribution < 1.29 is 30.7 Å². The average Bonchev–Trinajstić information content (AvgIpc) is 2.96. The quantitative estimate of drug-likeness (QED) is 0.145. The van der Waals surface area contributed by atoms with Crippen LogP contribution in [0.2, 0.25) is 0 Å². The Morgan fingerprint density at radius 2 is 1.26 bits per heavy atom. The molecule has 1 fully saturated rings. The van der Waals surface area contributed by atoms with Crippen molar-refractivity contribution in [2.45, 2.75) is 44.7 Å². The van der Waals surface area contributed by atoms with Gasteiger partial charge in [0, 0.05) is 27.8 Å². The summed E-state index contributed by atoms with van der Waals surface area (Å²) in [5.41, 5.74) is 1.55. The first-order chi connectivity index (χ1) is 20.5. The van der Waals surface area contributed by atoms with Crippen LogP contribution in [0.5, 0.6) is 0 Å². The lowest BCUT2D eigenvalue weighted by Gasteiger charge is -2.26. The van der Waals surface area contributed by atoms with Crippen molar-refractivity contribution in [1.29, 1.82) is 0 Å². The summed E-state index contributed by atoms with van der Waals surface area (Å²) in [6, 6.07) is 18.4. The van der Waals surface area contributed by atoms with Crippen molar-refractivity contribution in [2.75, 3.05) is 0 Å². The summed E-state index contributed by atoms with van der Waals surface area (Å²) in [5.74, 6) is 0.0929. The molecule has 43 heavy (non-hydrogen) atoms. The molecule has 0 aliphatic heterocycles. The molecule has 0 atom stereocenters. The smallest absolute Gasteiger partial charge is 0.206 e. The van der Waals surface area contributed by atoms with Crippen LogP contribution in [0.3, 0.4) is 0 Å². The second kappa shape index (κ2) is 11.1. The zero-order valence-corrected chi connectivity index (χ0v) is 23.1. The molecular formula is C36H25F7. The van der Waals surface area contributed by atoms with Crippen molar-refractivity contribution in [3.8, 4) is 34.1 Å². The molecule has 5 aromatic rings. The van der Waals surface area contributed by atoms with Gasteiger partial charge in [0.05, 0.1) is 5.56 Å². The van der Waals surface area contributed by atoms with Crippen LogP contribution in [0, 0.1) is 41.0 Å². The maximum Gasteiger partial charge on any atom is 0.458 e. The van der Waals surface area contributed by atoms with Crippen molar-refractivity contribution in [3.05, 3.63) is 107 Å². The maximum absolute atomic E-state index is 15.7. The largest absolute Gasteiger partial charge is 0.458 e. The molecule has 1 aliphatic carbocycles. The lowest BCUT2D eigenvalue weighted by molar-refractivity contribution is -0.0696. The Balaban J connectivity index is 1.32. The number of rotatable bonds is 3. The summed E-state index contributed by atoms with van der Waals surface area (Å²) in [6.07, 6.45) is -0.521. The summed E-state index contributed by atoms with van der Waals surface area (Å²) in [7, 11) is 0. The van der Waals surface area contributed by atoms with Gasteiger partial charge in [-0.3, -0.25) is 0 Å². The molecule has 0 bridgehead atoms. The van der Waals surface area contributed by atoms with Gasteiger partial charge >= 0.3 is 6.18 Å². The monoisotopic (exact) mass is 590 g/mol. The van der Waals surface area contributed by atoms with Gasteiger partial charge in [-0.05, 0) is 76.4 Å². The zero-order valence-electron chi connectivity index (χ0n) is 23.1. The minimum Gasteiger partial charge on any atom is -0.206 e. The molecule has 0 amide bonds. The fraction of sp³-hybridized carbons (Fsp3) is 0.222. The summed E-state index contributed by atoms with van der Waals surface area (Å²) in [5, 5.41) is 0.731. The third-order valence-corrected chi connectivity index (χ3v) is 8.41. The molecule has 0 saturated heterocycles. The molecule has 0 heterocycles. The summed E-state index contributed by atoms with van der Waals surface area (Å²) in [4.78, 5) is 0. The molecule has 0 unspecified atom stereocenters. The van der Waals surface area contributed by atoms with E-state index in [1.165, 1.54) is 30.2 Å². The second-order valence-electron chi connectivity index (χ2n) is 11.3. The fourth-order valence-electron chi connectivity index (χ4n) is 6.04. The highest BCUT2D eigenvalue weighted by Crippen LogP contribution is 2.38. The third-order valence-electron chi connectivity index (χ3n) is 8.41. The zero-order chi connectivity index (χ0) is 30.5. The highest BCUT2D eigenvalue weighted by Gasteiger charge is 2.24. The standard InChI is InChI=1S/C36H25F7/c1-20-2-4-21(5-3-20)22-6-10-27(32(37)18-22)23-7-11-28-24(16-23)8-12-29(34(28)39)25-9-13-30-26(17-25)19-33(38)31(35(30)40)14-15-36(41,42)43/h6-13,16-21H,2-5H2,1H3. The third kappa shape index (κ3) is 5.71. The fourth-order valence-corrected chi connectivity index (χ4v) is 6.04. The van der Waals surface area contributed by atoms with E-state index >= 15 is 8.78 Å². The van der Waals surface area contributed by atoms with Crippen LogP contribution in [0.4, 0.5) is 30.7 Å². The van der Waals surface area contributed by atoms with E-state index in [-0.39, 0.29) is 27.5 Å². The van der Waals surface area contributed by atoms with Gasteiger partial charge < -0.3 is 0 Å². The molecule has 7 heteroatoms. The van der Waals surface area contributed by atoms with E-state index in [0.717, 1.165) is 43.2 Å². The summed E-state index contributed by atoms with van der Waals surface area (Å²) < 4.78 is 97.7. The van der Waals surface area contributed by atoms with Gasteiger partial charge in [0.25, 0.3) is 0 Å². The van der Waals surface area contributed by atoms with Gasteiger partial charge in [-0.2, -0.15) is 13.2 Å². The van der Waals surface area contributed by atoms with Gasteiger partial charge in [-0.1, -0.05) is 74.2 Å². The Kier molecular flexibility index (Phi) is 7.41. The van der Waals surface area contributed by atoms with Crippen molar-refractivity contribution in [1.82, 2.24) is 0 Å². The lowest BCUT2D eigenvalue weighted by Crippen LogP contribution is -2.11. The van der Waals surface area contributed by atoms with Crippen LogP contribution in [-0.4, -0.2) is 6.18 Å². The van der Waals surface area contributed by atoms with Crippen LogP contribution < -0.4 is 0 Å². The Labute approximate surface area is 244 Å². The van der Waals surface area contributed by atoms with Crippen LogP contribution in [0.15, 0.2) is 72.8 Å². The van der Waals surface area contributed by atoms with Gasteiger partial charge in [-0.25, -0.2) is 17.6 Å². The van der Waals surface area contributed by atoms with E-state index in [1.54, 1.807) is 36.4 Å². The van der Waals surface area contributed by atoms with Crippen molar-refractivity contribution in [2.24, 2.45) is 5.92 Å². The Hall–Kier alpha value is -4.31. The molecule has 218 valence electrons. The summed E-state index contributed by atoms with van der Waals surface area (Å²) in [6.45, 7) is 2.24. The minimum atomic E-state index is -4.90. The van der Waals surface area contributed by atoms with Crippen LogP contribution >= 0.6 is 0 Å². The number of fused-ring (bicyclic) bond motifs is 2. The number of halogens is 7. The molecule has 1 saturated carbocycles. The average molecular weight is 591 g/mol. The molecule has 5 aromatic carbocycles. The number of hydrogen-bond acceptors (Lipinski definition) is 0. The van der Waals surface area contributed by atoms with Crippen molar-refractivity contribution >= 4 is 21.5 Å². The molecule has 1 aliphatic rings. The van der Waals surface area contributed by atoms with E-state index in [1.807, 2.05) is 6.07 Å². The van der Waals surface area contributed by atoms with Crippen molar-refractivity contribution in [3.63, 3.8) is 0 Å². The predicted molar refractivity (Wildman–Crippen MR) is 155 cm³/mol. The van der Waals surface area contributed by atoms with E-state index in [2.05, 4.69) is 6.92 Å². The first kappa shape index (κ1) is 28.8. The normalized spacial score (nSPS) is 17.2. The molecule has 0 nitrogen and oxygen atoms in total. The first-order valence-corrected chi connectivity index (χ1v) is 14.0. The molecule has 0 N–H and O–H groups in total. The van der Waals surface area contributed by atoms with E-state index in [0.29, 0.717) is 33.9 Å². The maximum atomic E-state index is 15.7. The topological polar surface area (TPSA) is 0 Å². The minimum absolute atomic E-state index is 0.0431. The Bertz CT molecular complexity index is 1930. The van der Waals surface area contributed by atoms with Gasteiger partial charge in [-0.15, -0.1) is 0 Å². The molecule has 0 radical (unpaired) electrons. The highest BCUT2D eigenvalue weighted by molar-refractivity contribution is 5.94. The van der Waals surface area contributed by atoms with Gasteiger partial charge in [0.15, 0.2) is 0 Å². The highest BCUT2D eigenvalue weighted by atomic mass is 19.4. The van der Waals surface area contributed by atoms with Crippen LogP contribution in [0.25, 0.3) is 43.8 Å². The van der Waals surface area contributed by atoms with E-state index in [4.69, 9.17) is 0 Å². The molecular weight excluding hydrogens is 565 g/mol. The lowest BCUT2D eigenvalue weighted by atomic mass is 9.79. The van der Waals surface area contributed by atoms with Crippen LogP contribution in [-0.2, 0) is 0 Å². The Morgan fingerprint density at radius 1 is 0.628 bits per heavy atom. The first-order valence-electron chi connectivity index (χ1n) is 14.0. The summed E-state index contributed by atoms with van der Waals surface area (Å²) >= 11 is 0. The molecule has 0 spiro atoms. The predicted octanol–water partition coefficient (Wildman–Crippen LogP) is 11.1. The molecule has 0 aromatic heterocycles. The SMILES string of the molecule is CC1CCC(c2ccc(-c3ccc4c(F)c(-c5ccc6c(F)c(C#CC(F)(F)F)c(F)cc6c5)ccc4c3)c(F)c2)CC1. The number of benzene rings is 5. The second-order valence-corrected chi connectivity index (χ2v) is 11.3. The number of hydrogen-bond donors (Lipinski definition) is 0. The molecule has 6 rings (SSSR count). The van der Waals surface area contributed by atoms with E-state index < -0.39 is 29.2 Å². The number of alkyl halides is 3. The van der Waals surface area contributed by atoms with Crippen LogP contribution in [0.1, 0.15) is 49.7 Å². The Morgan fingerprint density at radius 3 is 1.93 bits per heavy atom. The van der Waals surface area contributed by atoms with E-state index in [9.17, 15) is 22.0 Å². The van der Waals surface area contributed by atoms with Gasteiger partial charge in [0.1, 0.15) is 23.3 Å². The van der Waals surface area contributed by atoms with Gasteiger partial charge in [0.2, 0.25) is 0 Å².